The van der Waals surface area contributed by atoms with Crippen molar-refractivity contribution < 1.29 is 14.3 Å². The quantitative estimate of drug-likeness (QED) is 0.383. The van der Waals surface area contributed by atoms with Crippen molar-refractivity contribution in [3.63, 3.8) is 0 Å². The summed E-state index contributed by atoms with van der Waals surface area (Å²) in [6.45, 7) is 5.19. The van der Waals surface area contributed by atoms with E-state index in [0.29, 0.717) is 13.2 Å². The summed E-state index contributed by atoms with van der Waals surface area (Å²) in [4.78, 5) is 11.2. The van der Waals surface area contributed by atoms with Gasteiger partial charge < -0.3 is 9.47 Å². The van der Waals surface area contributed by atoms with E-state index in [1.165, 1.54) is 0 Å². The first-order chi connectivity index (χ1) is 5.08. The fourth-order valence-corrected chi connectivity index (χ4v) is 1.57. The van der Waals surface area contributed by atoms with Crippen LogP contribution in [0.3, 0.4) is 0 Å². The van der Waals surface area contributed by atoms with Gasteiger partial charge in [0.05, 0.1) is 13.2 Å². The van der Waals surface area contributed by atoms with Crippen LogP contribution in [0.15, 0.2) is 0 Å². The number of cyclic esters (lactones) is 1. The van der Waals surface area contributed by atoms with Crippen LogP contribution < -0.4 is 0 Å². The Morgan fingerprint density at radius 2 is 2.09 bits per heavy atom. The van der Waals surface area contributed by atoms with Gasteiger partial charge in [-0.2, -0.15) is 0 Å². The molecule has 0 N–H and O–H groups in total. The van der Waals surface area contributed by atoms with Crippen LogP contribution in [-0.4, -0.2) is 24.8 Å². The third kappa shape index (κ3) is 0.745. The van der Waals surface area contributed by atoms with Gasteiger partial charge in [0.2, 0.25) is 0 Å². The number of esters is 1. The van der Waals surface area contributed by atoms with Crippen molar-refractivity contribution in [2.75, 3.05) is 13.2 Å². The summed E-state index contributed by atoms with van der Waals surface area (Å²) in [7, 11) is 0. The smallest absolute Gasteiger partial charge is 0.341 e. The first kappa shape index (κ1) is 7.10. The van der Waals surface area contributed by atoms with Crippen molar-refractivity contribution in [2.24, 2.45) is 5.41 Å². The van der Waals surface area contributed by atoms with Crippen LogP contribution in [0.5, 0.6) is 0 Å². The van der Waals surface area contributed by atoms with Crippen molar-refractivity contribution in [2.45, 2.75) is 25.9 Å². The molecule has 0 amide bonds. The Kier molecular flexibility index (Phi) is 1.15. The normalized spacial score (nSPS) is 40.4. The summed E-state index contributed by atoms with van der Waals surface area (Å²) in [5, 5.41) is 0. The summed E-state index contributed by atoms with van der Waals surface area (Å²) >= 11 is 0. The van der Waals surface area contributed by atoms with Gasteiger partial charge >= 0.3 is 5.97 Å². The first-order valence-electron chi connectivity index (χ1n) is 3.90. The largest absolute Gasteiger partial charge is 0.463 e. The second-order valence-corrected chi connectivity index (χ2v) is 3.89. The second-order valence-electron chi connectivity index (χ2n) is 3.89. The molecule has 2 aliphatic rings. The van der Waals surface area contributed by atoms with Gasteiger partial charge in [-0.25, -0.2) is 4.79 Å². The third-order valence-electron chi connectivity index (χ3n) is 2.82. The molecule has 0 saturated carbocycles. The summed E-state index contributed by atoms with van der Waals surface area (Å²) < 4.78 is 10.1. The topological polar surface area (TPSA) is 38.8 Å². The van der Waals surface area contributed by atoms with E-state index in [1.807, 2.05) is 0 Å². The molecular weight excluding hydrogens is 144 g/mol. The molecule has 1 atom stereocenters. The van der Waals surface area contributed by atoms with Gasteiger partial charge in [-0.05, 0) is 6.42 Å². The maximum absolute atomic E-state index is 11.2. The maximum Gasteiger partial charge on any atom is 0.341 e. The molecule has 62 valence electrons. The van der Waals surface area contributed by atoms with Gasteiger partial charge in [-0.15, -0.1) is 0 Å². The number of epoxide rings is 1. The van der Waals surface area contributed by atoms with Crippen LogP contribution in [0, 0.1) is 5.41 Å². The fourth-order valence-electron chi connectivity index (χ4n) is 1.57. The highest BCUT2D eigenvalue weighted by atomic mass is 16.6. The fraction of sp³-hybridized carbons (Fsp3) is 0.875. The number of hydrogen-bond donors (Lipinski definition) is 0. The molecule has 0 radical (unpaired) electrons. The van der Waals surface area contributed by atoms with Crippen molar-refractivity contribution in [3.8, 4) is 0 Å². The Hall–Kier alpha value is -0.570. The zero-order valence-corrected chi connectivity index (χ0v) is 6.85. The molecule has 0 aromatic carbocycles. The lowest BCUT2D eigenvalue weighted by atomic mass is 9.75. The number of ether oxygens (including phenoxy) is 2. The molecule has 0 bridgehead atoms. The molecule has 0 aromatic rings. The van der Waals surface area contributed by atoms with Crippen LogP contribution in [-0.2, 0) is 14.3 Å². The van der Waals surface area contributed by atoms with Gasteiger partial charge in [0, 0.05) is 5.41 Å². The molecule has 2 fully saturated rings. The number of rotatable bonds is 0. The number of carbonyl (C=O) groups excluding carboxylic acids is 1. The zero-order valence-electron chi connectivity index (χ0n) is 6.85. The summed E-state index contributed by atoms with van der Waals surface area (Å²) in [5.74, 6) is -0.172. The molecule has 0 aliphatic carbocycles. The molecule has 2 saturated heterocycles. The number of carbonyl (C=O) groups is 1. The van der Waals surface area contributed by atoms with Crippen molar-refractivity contribution in [1.29, 1.82) is 0 Å². The average Bonchev–Trinajstić information content (AvgIpc) is 2.63. The van der Waals surface area contributed by atoms with E-state index in [9.17, 15) is 4.79 Å². The van der Waals surface area contributed by atoms with Gasteiger partial charge in [0.1, 0.15) is 0 Å². The zero-order chi connectivity index (χ0) is 8.11. The van der Waals surface area contributed by atoms with E-state index in [0.717, 1.165) is 6.42 Å². The van der Waals surface area contributed by atoms with Gasteiger partial charge in [0.25, 0.3) is 0 Å². The van der Waals surface area contributed by atoms with Gasteiger partial charge in [-0.3, -0.25) is 0 Å². The van der Waals surface area contributed by atoms with Crippen LogP contribution in [0.25, 0.3) is 0 Å². The highest BCUT2D eigenvalue weighted by Gasteiger charge is 2.65. The standard InChI is InChI=1S/C8H12O3/c1-7(2)3-4-10-6(9)8(7)5-11-8/h3-5H2,1-2H3/t8-/m1/s1. The molecule has 1 spiro atoms. The van der Waals surface area contributed by atoms with E-state index >= 15 is 0 Å². The number of hydrogen-bond acceptors (Lipinski definition) is 3. The highest BCUT2D eigenvalue weighted by Crippen LogP contribution is 2.49. The Labute approximate surface area is 65.7 Å². The van der Waals surface area contributed by atoms with Crippen molar-refractivity contribution >= 4 is 5.97 Å². The van der Waals surface area contributed by atoms with Gasteiger partial charge in [0.15, 0.2) is 5.60 Å². The minimum absolute atomic E-state index is 0.0394. The van der Waals surface area contributed by atoms with E-state index in [4.69, 9.17) is 9.47 Å². The van der Waals surface area contributed by atoms with E-state index in [2.05, 4.69) is 13.8 Å². The van der Waals surface area contributed by atoms with Crippen LogP contribution in [0.1, 0.15) is 20.3 Å². The Bertz CT molecular complexity index is 203. The Morgan fingerprint density at radius 1 is 1.45 bits per heavy atom. The molecule has 3 heteroatoms. The minimum atomic E-state index is -0.578. The van der Waals surface area contributed by atoms with Crippen LogP contribution in [0.2, 0.25) is 0 Å². The van der Waals surface area contributed by atoms with E-state index < -0.39 is 5.60 Å². The monoisotopic (exact) mass is 156 g/mol. The SMILES string of the molecule is CC1(C)CCOC(=O)[C@]12CO2. The van der Waals surface area contributed by atoms with Gasteiger partial charge in [-0.1, -0.05) is 13.8 Å². The van der Waals surface area contributed by atoms with E-state index in [-0.39, 0.29) is 11.4 Å². The molecule has 11 heavy (non-hydrogen) atoms. The highest BCUT2D eigenvalue weighted by molar-refractivity contribution is 5.84. The maximum atomic E-state index is 11.2. The van der Waals surface area contributed by atoms with Crippen LogP contribution >= 0.6 is 0 Å². The first-order valence-corrected chi connectivity index (χ1v) is 3.90. The summed E-state index contributed by atoms with van der Waals surface area (Å²) in [6.07, 6.45) is 0.902. The molecule has 2 heterocycles. The Morgan fingerprint density at radius 3 is 2.45 bits per heavy atom. The molecule has 0 aromatic heterocycles. The molecule has 2 rings (SSSR count). The lowest BCUT2D eigenvalue weighted by Crippen LogP contribution is -2.46. The minimum Gasteiger partial charge on any atom is -0.463 e. The van der Waals surface area contributed by atoms with Crippen molar-refractivity contribution in [1.82, 2.24) is 0 Å². The molecule has 3 nitrogen and oxygen atoms in total. The third-order valence-corrected chi connectivity index (χ3v) is 2.82. The molecule has 2 aliphatic heterocycles. The Balaban J connectivity index is 2.29. The van der Waals surface area contributed by atoms with E-state index in [1.54, 1.807) is 0 Å². The summed E-state index contributed by atoms with van der Waals surface area (Å²) in [5.41, 5.74) is -0.617. The van der Waals surface area contributed by atoms with Crippen LogP contribution in [0.4, 0.5) is 0 Å². The average molecular weight is 156 g/mol. The lowest BCUT2D eigenvalue weighted by molar-refractivity contribution is -0.163. The lowest BCUT2D eigenvalue weighted by Gasteiger charge is -2.34. The predicted molar refractivity (Wildman–Crippen MR) is 38.0 cm³/mol. The summed E-state index contributed by atoms with van der Waals surface area (Å²) in [6, 6.07) is 0. The second kappa shape index (κ2) is 1.78. The molecule has 0 unspecified atom stereocenters. The predicted octanol–water partition coefficient (Wildman–Crippen LogP) is 0.729. The molecular formula is C8H12O3. The van der Waals surface area contributed by atoms with Crippen molar-refractivity contribution in [3.05, 3.63) is 0 Å².